The van der Waals surface area contributed by atoms with E-state index in [0.29, 0.717) is 6.54 Å². The second-order valence-corrected chi connectivity index (χ2v) is 7.66. The second kappa shape index (κ2) is 7.14. The monoisotopic (exact) mass is 355 g/mol. The number of thiazole rings is 1. The molecule has 130 valence electrons. The fraction of sp³-hybridized carbons (Fsp3) is 0.333. The highest BCUT2D eigenvalue weighted by atomic mass is 32.1. The molecule has 0 bridgehead atoms. The SMILES string of the molecule is CC(C)(C)c1nc(CC(=O)NCc2cccnc2-n2ccnc2)cs1. The lowest BCUT2D eigenvalue weighted by Crippen LogP contribution is -2.25. The van der Waals surface area contributed by atoms with Gasteiger partial charge in [0.2, 0.25) is 5.91 Å². The van der Waals surface area contributed by atoms with E-state index in [9.17, 15) is 4.79 Å². The van der Waals surface area contributed by atoms with Crippen LogP contribution in [0.3, 0.4) is 0 Å². The molecule has 0 aliphatic carbocycles. The molecule has 3 aromatic rings. The molecule has 0 fully saturated rings. The number of hydrogen-bond donors (Lipinski definition) is 1. The average molecular weight is 355 g/mol. The number of carbonyl (C=O) groups is 1. The second-order valence-electron chi connectivity index (χ2n) is 6.80. The maximum atomic E-state index is 12.3. The van der Waals surface area contributed by atoms with Gasteiger partial charge in [-0.1, -0.05) is 26.8 Å². The van der Waals surface area contributed by atoms with Gasteiger partial charge < -0.3 is 5.32 Å². The summed E-state index contributed by atoms with van der Waals surface area (Å²) in [4.78, 5) is 25.2. The summed E-state index contributed by atoms with van der Waals surface area (Å²) in [5.41, 5.74) is 1.75. The van der Waals surface area contributed by atoms with Crippen molar-refractivity contribution in [3.05, 3.63) is 58.7 Å². The van der Waals surface area contributed by atoms with E-state index in [0.717, 1.165) is 22.1 Å². The molecule has 1 N–H and O–H groups in total. The van der Waals surface area contributed by atoms with Crippen molar-refractivity contribution < 1.29 is 4.79 Å². The van der Waals surface area contributed by atoms with E-state index in [-0.39, 0.29) is 17.7 Å². The van der Waals surface area contributed by atoms with Crippen molar-refractivity contribution in [2.24, 2.45) is 0 Å². The number of rotatable bonds is 5. The number of aromatic nitrogens is 4. The maximum absolute atomic E-state index is 12.3. The third kappa shape index (κ3) is 4.30. The molecule has 0 aromatic carbocycles. The van der Waals surface area contributed by atoms with Gasteiger partial charge in [0, 0.05) is 41.5 Å². The lowest BCUT2D eigenvalue weighted by atomic mass is 9.98. The summed E-state index contributed by atoms with van der Waals surface area (Å²) in [5, 5.41) is 5.96. The number of nitrogens with one attached hydrogen (secondary N) is 1. The zero-order valence-electron chi connectivity index (χ0n) is 14.6. The molecule has 0 aliphatic heterocycles. The van der Waals surface area contributed by atoms with Gasteiger partial charge in [-0.05, 0) is 6.07 Å². The summed E-state index contributed by atoms with van der Waals surface area (Å²) in [5.74, 6) is 0.718. The molecule has 0 unspecified atom stereocenters. The molecule has 0 aliphatic rings. The Hall–Kier alpha value is -2.54. The Bertz CT molecular complexity index is 848. The number of hydrogen-bond acceptors (Lipinski definition) is 5. The molecule has 3 heterocycles. The average Bonchev–Trinajstić information content (AvgIpc) is 3.24. The first-order valence-electron chi connectivity index (χ1n) is 8.07. The molecule has 6 nitrogen and oxygen atoms in total. The lowest BCUT2D eigenvalue weighted by Gasteiger charge is -2.13. The highest BCUT2D eigenvalue weighted by Crippen LogP contribution is 2.25. The van der Waals surface area contributed by atoms with Crippen molar-refractivity contribution in [1.82, 2.24) is 24.8 Å². The molecule has 0 atom stereocenters. The number of nitrogens with zero attached hydrogens (tertiary/aromatic N) is 4. The van der Waals surface area contributed by atoms with Crippen LogP contribution >= 0.6 is 11.3 Å². The van der Waals surface area contributed by atoms with Crippen molar-refractivity contribution >= 4 is 17.2 Å². The first kappa shape index (κ1) is 17.3. The largest absolute Gasteiger partial charge is 0.352 e. The normalized spacial score (nSPS) is 11.5. The van der Waals surface area contributed by atoms with Crippen molar-refractivity contribution in [2.45, 2.75) is 39.2 Å². The summed E-state index contributed by atoms with van der Waals surface area (Å²) in [6, 6.07) is 3.81. The van der Waals surface area contributed by atoms with Gasteiger partial charge >= 0.3 is 0 Å². The van der Waals surface area contributed by atoms with E-state index in [2.05, 4.69) is 41.0 Å². The van der Waals surface area contributed by atoms with Crippen LogP contribution in [0.15, 0.2) is 42.4 Å². The molecular weight excluding hydrogens is 334 g/mol. The molecule has 25 heavy (non-hydrogen) atoms. The van der Waals surface area contributed by atoms with Gasteiger partial charge in [0.15, 0.2) is 0 Å². The smallest absolute Gasteiger partial charge is 0.226 e. The van der Waals surface area contributed by atoms with E-state index >= 15 is 0 Å². The van der Waals surface area contributed by atoms with Crippen LogP contribution in [-0.4, -0.2) is 25.4 Å². The number of pyridine rings is 1. The Morgan fingerprint density at radius 2 is 2.16 bits per heavy atom. The van der Waals surface area contributed by atoms with Crippen molar-refractivity contribution in [2.75, 3.05) is 0 Å². The summed E-state index contributed by atoms with van der Waals surface area (Å²) in [6.45, 7) is 6.78. The number of imidazole rings is 1. The fourth-order valence-corrected chi connectivity index (χ4v) is 3.25. The quantitative estimate of drug-likeness (QED) is 0.764. The van der Waals surface area contributed by atoms with E-state index in [1.165, 1.54) is 0 Å². The van der Waals surface area contributed by atoms with E-state index in [1.807, 2.05) is 28.3 Å². The van der Waals surface area contributed by atoms with Gasteiger partial charge in [-0.25, -0.2) is 15.0 Å². The highest BCUT2D eigenvalue weighted by molar-refractivity contribution is 7.09. The van der Waals surface area contributed by atoms with Gasteiger partial charge in [0.1, 0.15) is 12.1 Å². The van der Waals surface area contributed by atoms with Gasteiger partial charge in [-0.2, -0.15) is 0 Å². The van der Waals surface area contributed by atoms with Crippen molar-refractivity contribution in [3.63, 3.8) is 0 Å². The zero-order valence-corrected chi connectivity index (χ0v) is 15.4. The Labute approximate surface area is 151 Å². The Morgan fingerprint density at radius 1 is 1.32 bits per heavy atom. The molecule has 0 saturated heterocycles. The third-order valence-corrected chi connectivity index (χ3v) is 4.94. The van der Waals surface area contributed by atoms with E-state index < -0.39 is 0 Å². The van der Waals surface area contributed by atoms with Crippen LogP contribution in [0.4, 0.5) is 0 Å². The summed E-state index contributed by atoms with van der Waals surface area (Å²) >= 11 is 1.60. The van der Waals surface area contributed by atoms with Crippen LogP contribution < -0.4 is 5.32 Å². The zero-order chi connectivity index (χ0) is 17.9. The molecule has 0 radical (unpaired) electrons. The van der Waals surface area contributed by atoms with E-state index in [4.69, 9.17) is 0 Å². The molecular formula is C18H21N5OS. The molecule has 1 amide bonds. The summed E-state index contributed by atoms with van der Waals surface area (Å²) in [7, 11) is 0. The minimum atomic E-state index is -0.0498. The minimum absolute atomic E-state index is 0.00873. The lowest BCUT2D eigenvalue weighted by molar-refractivity contribution is -0.120. The van der Waals surface area contributed by atoms with Crippen molar-refractivity contribution in [1.29, 1.82) is 0 Å². The van der Waals surface area contributed by atoms with Gasteiger partial charge in [0.25, 0.3) is 0 Å². The van der Waals surface area contributed by atoms with Crippen LogP contribution in [0.25, 0.3) is 5.82 Å². The molecule has 7 heteroatoms. The van der Waals surface area contributed by atoms with Crippen LogP contribution in [0.1, 0.15) is 37.0 Å². The predicted molar refractivity (Wildman–Crippen MR) is 97.7 cm³/mol. The van der Waals surface area contributed by atoms with Gasteiger partial charge in [-0.15, -0.1) is 11.3 Å². The number of carbonyl (C=O) groups excluding carboxylic acids is 1. The highest BCUT2D eigenvalue weighted by Gasteiger charge is 2.18. The van der Waals surface area contributed by atoms with Crippen LogP contribution in [0, 0.1) is 0 Å². The molecule has 0 spiro atoms. The van der Waals surface area contributed by atoms with Gasteiger partial charge in [-0.3, -0.25) is 9.36 Å². The molecule has 0 saturated carbocycles. The van der Waals surface area contributed by atoms with E-state index in [1.54, 1.807) is 30.1 Å². The van der Waals surface area contributed by atoms with Crippen LogP contribution in [0.2, 0.25) is 0 Å². The topological polar surface area (TPSA) is 72.7 Å². The Kier molecular flexibility index (Phi) is 4.94. The van der Waals surface area contributed by atoms with Crippen molar-refractivity contribution in [3.8, 4) is 5.82 Å². The molecule has 3 rings (SSSR count). The van der Waals surface area contributed by atoms with Crippen LogP contribution in [0.5, 0.6) is 0 Å². The Balaban J connectivity index is 1.63. The Morgan fingerprint density at radius 3 is 2.84 bits per heavy atom. The first-order chi connectivity index (χ1) is 11.9. The standard InChI is InChI=1S/C18H21N5OS/c1-18(2,3)17-22-14(11-25-17)9-15(24)21-10-13-5-4-6-20-16(13)23-8-7-19-12-23/h4-8,11-12H,9-10H2,1-3H3,(H,21,24). The summed E-state index contributed by atoms with van der Waals surface area (Å²) < 4.78 is 1.83. The predicted octanol–water partition coefficient (Wildman–Crippen LogP) is 2.88. The van der Waals surface area contributed by atoms with Crippen LogP contribution in [-0.2, 0) is 23.2 Å². The number of amides is 1. The minimum Gasteiger partial charge on any atom is -0.352 e. The molecule has 3 aromatic heterocycles. The third-order valence-electron chi connectivity index (χ3n) is 3.63. The maximum Gasteiger partial charge on any atom is 0.226 e. The first-order valence-corrected chi connectivity index (χ1v) is 8.95. The fourth-order valence-electron chi connectivity index (χ4n) is 2.34. The van der Waals surface area contributed by atoms with Gasteiger partial charge in [0.05, 0.1) is 17.1 Å². The summed E-state index contributed by atoms with van der Waals surface area (Å²) in [6.07, 6.45) is 7.23.